The second-order valence-corrected chi connectivity index (χ2v) is 6.74. The topological polar surface area (TPSA) is 101 Å². The SMILES string of the molecule is CCCCc1nc(Cl)c(CO)n1CC1CCC(N)C1.O=C(O)C(F)(F)F. The van der Waals surface area contributed by atoms with Crippen LogP contribution < -0.4 is 5.73 Å². The van der Waals surface area contributed by atoms with Crippen LogP contribution in [-0.2, 0) is 24.4 Å². The van der Waals surface area contributed by atoms with Gasteiger partial charge in [0.25, 0.3) is 0 Å². The first-order valence-corrected chi connectivity index (χ1v) is 8.88. The maximum absolute atomic E-state index is 10.6. The summed E-state index contributed by atoms with van der Waals surface area (Å²) in [7, 11) is 0. The van der Waals surface area contributed by atoms with E-state index < -0.39 is 12.1 Å². The minimum atomic E-state index is -5.08. The second-order valence-electron chi connectivity index (χ2n) is 6.38. The quantitative estimate of drug-likeness (QED) is 0.682. The van der Waals surface area contributed by atoms with Crippen molar-refractivity contribution in [1.29, 1.82) is 0 Å². The second kappa shape index (κ2) is 10.1. The van der Waals surface area contributed by atoms with E-state index in [1.54, 1.807) is 0 Å². The zero-order valence-electron chi connectivity index (χ0n) is 14.6. The van der Waals surface area contributed by atoms with Crippen molar-refractivity contribution < 1.29 is 28.2 Å². The molecule has 1 aromatic heterocycles. The number of aliphatic carboxylic acids is 1. The standard InChI is InChI=1S/C14H24ClN3O.C2HF3O2/c1-2-3-4-13-17-14(15)12(9-19)18(13)8-10-5-6-11(16)7-10;3-2(4,5)1(6)7/h10-11,19H,2-9,16H2,1H3;(H,6,7). The fourth-order valence-electron chi connectivity index (χ4n) is 2.93. The van der Waals surface area contributed by atoms with E-state index in [1.165, 1.54) is 0 Å². The van der Waals surface area contributed by atoms with Gasteiger partial charge < -0.3 is 20.5 Å². The number of carbonyl (C=O) groups is 1. The smallest absolute Gasteiger partial charge is 0.475 e. The van der Waals surface area contributed by atoms with Crippen molar-refractivity contribution in [3.63, 3.8) is 0 Å². The number of aliphatic hydroxyl groups is 1. The molecule has 1 aliphatic rings. The van der Waals surface area contributed by atoms with Crippen LogP contribution in [0.25, 0.3) is 0 Å². The minimum Gasteiger partial charge on any atom is -0.475 e. The zero-order valence-corrected chi connectivity index (χ0v) is 15.4. The maximum Gasteiger partial charge on any atom is 0.490 e. The van der Waals surface area contributed by atoms with Gasteiger partial charge in [-0.3, -0.25) is 0 Å². The number of alkyl halides is 3. The molecule has 1 aromatic rings. The number of halogens is 4. The van der Waals surface area contributed by atoms with E-state index in [9.17, 15) is 18.3 Å². The predicted octanol–water partition coefficient (Wildman–Crippen LogP) is 3.13. The number of aliphatic hydroxyl groups excluding tert-OH is 1. The van der Waals surface area contributed by atoms with Gasteiger partial charge in [0.15, 0.2) is 5.15 Å². The molecule has 0 amide bonds. The molecule has 6 nitrogen and oxygen atoms in total. The number of aryl methyl sites for hydroxylation is 1. The van der Waals surface area contributed by atoms with Crippen LogP contribution in [-0.4, -0.2) is 38.0 Å². The molecular formula is C16H25ClF3N3O3. The van der Waals surface area contributed by atoms with E-state index in [2.05, 4.69) is 16.5 Å². The summed E-state index contributed by atoms with van der Waals surface area (Å²) >= 11 is 6.13. The molecule has 1 heterocycles. The summed E-state index contributed by atoms with van der Waals surface area (Å²) in [5, 5.41) is 17.1. The van der Waals surface area contributed by atoms with E-state index in [1.807, 2.05) is 0 Å². The molecule has 0 aromatic carbocycles. The number of hydrogen-bond acceptors (Lipinski definition) is 4. The van der Waals surface area contributed by atoms with E-state index in [4.69, 9.17) is 27.2 Å². The van der Waals surface area contributed by atoms with Gasteiger partial charge in [-0.2, -0.15) is 13.2 Å². The van der Waals surface area contributed by atoms with Gasteiger partial charge in [-0.1, -0.05) is 24.9 Å². The number of carboxylic acids is 1. The van der Waals surface area contributed by atoms with Crippen molar-refractivity contribution in [2.75, 3.05) is 0 Å². The normalized spacial score (nSPS) is 20.0. The highest BCUT2D eigenvalue weighted by Crippen LogP contribution is 2.28. The van der Waals surface area contributed by atoms with Gasteiger partial charge in [-0.25, -0.2) is 9.78 Å². The Labute approximate surface area is 155 Å². The first-order chi connectivity index (χ1) is 12.1. The summed E-state index contributed by atoms with van der Waals surface area (Å²) in [6.07, 6.45) is 1.40. The third-order valence-electron chi connectivity index (χ3n) is 4.27. The van der Waals surface area contributed by atoms with Crippen molar-refractivity contribution in [2.24, 2.45) is 11.7 Å². The lowest BCUT2D eigenvalue weighted by Crippen LogP contribution is -2.21. The zero-order chi connectivity index (χ0) is 19.9. The van der Waals surface area contributed by atoms with Crippen molar-refractivity contribution in [3.05, 3.63) is 16.7 Å². The van der Waals surface area contributed by atoms with Gasteiger partial charge in [-0.15, -0.1) is 0 Å². The first-order valence-electron chi connectivity index (χ1n) is 8.50. The summed E-state index contributed by atoms with van der Waals surface area (Å²) in [4.78, 5) is 13.3. The molecule has 2 atom stereocenters. The highest BCUT2D eigenvalue weighted by atomic mass is 35.5. The van der Waals surface area contributed by atoms with Crippen molar-refractivity contribution in [1.82, 2.24) is 9.55 Å². The minimum absolute atomic E-state index is 0.0449. The Morgan fingerprint density at radius 2 is 2.04 bits per heavy atom. The van der Waals surface area contributed by atoms with Gasteiger partial charge in [0.2, 0.25) is 0 Å². The van der Waals surface area contributed by atoms with Crippen molar-refractivity contribution in [3.8, 4) is 0 Å². The largest absolute Gasteiger partial charge is 0.490 e. The first kappa shape index (κ1) is 22.7. The van der Waals surface area contributed by atoms with E-state index >= 15 is 0 Å². The summed E-state index contributed by atoms with van der Waals surface area (Å²) in [6.45, 7) is 3.01. The van der Waals surface area contributed by atoms with Crippen LogP contribution in [0.2, 0.25) is 5.15 Å². The molecule has 4 N–H and O–H groups in total. The molecule has 1 aliphatic carbocycles. The van der Waals surface area contributed by atoms with E-state index in [0.29, 0.717) is 17.1 Å². The number of rotatable bonds is 6. The van der Waals surface area contributed by atoms with Crippen LogP contribution >= 0.6 is 11.6 Å². The lowest BCUT2D eigenvalue weighted by Gasteiger charge is -2.15. The Kier molecular flexibility index (Phi) is 8.85. The van der Waals surface area contributed by atoms with E-state index in [0.717, 1.165) is 56.6 Å². The lowest BCUT2D eigenvalue weighted by atomic mass is 10.1. The number of hydrogen-bond donors (Lipinski definition) is 3. The van der Waals surface area contributed by atoms with Crippen LogP contribution in [0.4, 0.5) is 13.2 Å². The van der Waals surface area contributed by atoms with Gasteiger partial charge >= 0.3 is 12.1 Å². The predicted molar refractivity (Wildman–Crippen MR) is 90.8 cm³/mol. The maximum atomic E-state index is 10.6. The number of aromatic nitrogens is 2. The van der Waals surface area contributed by atoms with Crippen LogP contribution in [0.1, 0.15) is 50.5 Å². The number of carboxylic acid groups (broad SMARTS) is 1. The average molecular weight is 400 g/mol. The number of nitrogens with zero attached hydrogens (tertiary/aromatic N) is 2. The Balaban J connectivity index is 0.000000412. The van der Waals surface area contributed by atoms with Crippen LogP contribution in [0.3, 0.4) is 0 Å². The number of unbranched alkanes of at least 4 members (excludes halogenated alkanes) is 1. The summed E-state index contributed by atoms with van der Waals surface area (Å²) in [6, 6.07) is 0.334. The molecule has 0 bridgehead atoms. The average Bonchev–Trinajstić information content (AvgIpc) is 3.08. The molecule has 10 heteroatoms. The summed E-state index contributed by atoms with van der Waals surface area (Å²) in [5.41, 5.74) is 6.73. The summed E-state index contributed by atoms with van der Waals surface area (Å²) in [5.74, 6) is -1.16. The highest BCUT2D eigenvalue weighted by molar-refractivity contribution is 6.30. The van der Waals surface area contributed by atoms with Gasteiger partial charge in [-0.05, 0) is 31.6 Å². The Morgan fingerprint density at radius 1 is 1.42 bits per heavy atom. The summed E-state index contributed by atoms with van der Waals surface area (Å²) < 4.78 is 33.9. The molecular weight excluding hydrogens is 375 g/mol. The molecule has 1 fully saturated rings. The van der Waals surface area contributed by atoms with Crippen molar-refractivity contribution in [2.45, 2.75) is 70.8 Å². The van der Waals surface area contributed by atoms with Gasteiger partial charge in [0.05, 0.1) is 12.3 Å². The van der Waals surface area contributed by atoms with Crippen LogP contribution in [0.15, 0.2) is 0 Å². The Bertz CT molecular complexity index is 593. The fraction of sp³-hybridized carbons (Fsp3) is 0.750. The molecule has 2 rings (SSSR count). The molecule has 1 saturated carbocycles. The molecule has 2 unspecified atom stereocenters. The molecule has 26 heavy (non-hydrogen) atoms. The fourth-order valence-corrected chi connectivity index (χ4v) is 3.19. The molecule has 0 saturated heterocycles. The molecule has 0 aliphatic heterocycles. The monoisotopic (exact) mass is 399 g/mol. The van der Waals surface area contributed by atoms with E-state index in [-0.39, 0.29) is 6.61 Å². The third-order valence-corrected chi connectivity index (χ3v) is 4.57. The van der Waals surface area contributed by atoms with Crippen molar-refractivity contribution >= 4 is 17.6 Å². The Hall–Kier alpha value is -1.32. The molecule has 0 spiro atoms. The van der Waals surface area contributed by atoms with Gasteiger partial charge in [0, 0.05) is 19.0 Å². The highest BCUT2D eigenvalue weighted by Gasteiger charge is 2.38. The lowest BCUT2D eigenvalue weighted by molar-refractivity contribution is -0.192. The third kappa shape index (κ3) is 6.77. The van der Waals surface area contributed by atoms with Gasteiger partial charge in [0.1, 0.15) is 5.82 Å². The van der Waals surface area contributed by atoms with Crippen LogP contribution in [0.5, 0.6) is 0 Å². The Morgan fingerprint density at radius 3 is 2.46 bits per heavy atom. The molecule has 150 valence electrons. The number of nitrogens with two attached hydrogens (primary N) is 1. The number of imidazole rings is 1. The van der Waals surface area contributed by atoms with Crippen LogP contribution in [0, 0.1) is 5.92 Å². The molecule has 0 radical (unpaired) electrons.